The van der Waals surface area contributed by atoms with E-state index >= 15 is 0 Å². The van der Waals surface area contributed by atoms with E-state index in [-0.39, 0.29) is 5.78 Å². The molecule has 0 radical (unpaired) electrons. The maximum Gasteiger partial charge on any atom is 0.197 e. The molecule has 170 valence electrons. The molecule has 4 aromatic rings. The molecule has 1 heterocycles. The topological polar surface area (TPSA) is 42.7 Å². The molecule has 0 spiro atoms. The molecule has 0 aliphatic heterocycles. The number of para-hydroxylation sites is 1. The summed E-state index contributed by atoms with van der Waals surface area (Å²) in [5.74, 6) is 1.27. The zero-order chi connectivity index (χ0) is 23.2. The standard InChI is InChI=1S/C28H28ClNO3/c1-3-30(4-2)18-7-19-32-23-16-12-21(13-17-23)28-26(24-8-5-6-9-25(24)33-28)27(31)20-10-14-22(29)15-11-20/h5-6,8-17H,3-4,7,18-19H2,1-2H3. The van der Waals surface area contributed by atoms with Crippen LogP contribution in [0.5, 0.6) is 5.75 Å². The number of ether oxygens (including phenoxy) is 1. The summed E-state index contributed by atoms with van der Waals surface area (Å²) in [4.78, 5) is 15.8. The molecule has 5 heteroatoms. The fourth-order valence-electron chi connectivity index (χ4n) is 3.94. The molecule has 1 aromatic heterocycles. The van der Waals surface area contributed by atoms with Gasteiger partial charge in [0.15, 0.2) is 5.78 Å². The van der Waals surface area contributed by atoms with Crippen molar-refractivity contribution in [3.63, 3.8) is 0 Å². The van der Waals surface area contributed by atoms with Gasteiger partial charge in [0.2, 0.25) is 0 Å². The first-order chi connectivity index (χ1) is 16.1. The van der Waals surface area contributed by atoms with E-state index in [0.717, 1.165) is 42.8 Å². The Bertz CT molecular complexity index is 1210. The largest absolute Gasteiger partial charge is 0.494 e. The maximum atomic E-state index is 13.4. The molecule has 0 bridgehead atoms. The lowest BCUT2D eigenvalue weighted by Crippen LogP contribution is -2.25. The minimum atomic E-state index is -0.0941. The van der Waals surface area contributed by atoms with Gasteiger partial charge in [0, 0.05) is 28.1 Å². The van der Waals surface area contributed by atoms with Gasteiger partial charge in [-0.05, 0) is 74.1 Å². The molecular weight excluding hydrogens is 434 g/mol. The van der Waals surface area contributed by atoms with Crippen molar-refractivity contribution in [2.75, 3.05) is 26.2 Å². The van der Waals surface area contributed by atoms with Gasteiger partial charge in [-0.15, -0.1) is 0 Å². The number of hydrogen-bond acceptors (Lipinski definition) is 4. The Hall–Kier alpha value is -3.08. The average Bonchev–Trinajstić information content (AvgIpc) is 3.24. The number of furan rings is 1. The fourth-order valence-corrected chi connectivity index (χ4v) is 4.07. The Morgan fingerprint density at radius 1 is 0.939 bits per heavy atom. The van der Waals surface area contributed by atoms with Crippen LogP contribution in [0.3, 0.4) is 0 Å². The minimum Gasteiger partial charge on any atom is -0.494 e. The van der Waals surface area contributed by atoms with Crippen LogP contribution in [0.1, 0.15) is 36.2 Å². The van der Waals surface area contributed by atoms with E-state index in [1.54, 1.807) is 24.3 Å². The molecule has 0 fully saturated rings. The summed E-state index contributed by atoms with van der Waals surface area (Å²) in [6, 6.07) is 22.3. The van der Waals surface area contributed by atoms with Crippen LogP contribution < -0.4 is 4.74 Å². The molecule has 4 rings (SSSR count). The van der Waals surface area contributed by atoms with Crippen molar-refractivity contribution in [1.29, 1.82) is 0 Å². The molecule has 3 aromatic carbocycles. The third kappa shape index (κ3) is 5.29. The Kier molecular flexibility index (Phi) is 7.48. The van der Waals surface area contributed by atoms with Crippen molar-refractivity contribution in [1.82, 2.24) is 4.90 Å². The second kappa shape index (κ2) is 10.7. The third-order valence-corrected chi connectivity index (χ3v) is 6.08. The van der Waals surface area contributed by atoms with Gasteiger partial charge in [0.05, 0.1) is 12.2 Å². The summed E-state index contributed by atoms with van der Waals surface area (Å²) in [6.45, 7) is 8.15. The molecule has 0 amide bonds. The van der Waals surface area contributed by atoms with Crippen LogP contribution in [0, 0.1) is 0 Å². The van der Waals surface area contributed by atoms with Gasteiger partial charge < -0.3 is 14.1 Å². The molecule has 0 saturated carbocycles. The first-order valence-corrected chi connectivity index (χ1v) is 11.8. The molecule has 33 heavy (non-hydrogen) atoms. The highest BCUT2D eigenvalue weighted by Crippen LogP contribution is 2.36. The Morgan fingerprint density at radius 3 is 2.33 bits per heavy atom. The van der Waals surface area contributed by atoms with Gasteiger partial charge in [-0.1, -0.05) is 43.6 Å². The molecule has 0 unspecified atom stereocenters. The number of nitrogens with zero attached hydrogens (tertiary/aromatic N) is 1. The summed E-state index contributed by atoms with van der Waals surface area (Å²) in [7, 11) is 0. The second-order valence-corrected chi connectivity index (χ2v) is 8.33. The molecule has 0 N–H and O–H groups in total. The van der Waals surface area contributed by atoms with E-state index < -0.39 is 0 Å². The predicted octanol–water partition coefficient (Wildman–Crippen LogP) is 7.09. The summed E-state index contributed by atoms with van der Waals surface area (Å²) in [6.07, 6.45) is 0.979. The van der Waals surface area contributed by atoms with Crippen LogP contribution in [0.25, 0.3) is 22.3 Å². The minimum absolute atomic E-state index is 0.0941. The number of halogens is 1. The summed E-state index contributed by atoms with van der Waals surface area (Å²) < 4.78 is 12.1. The zero-order valence-electron chi connectivity index (χ0n) is 19.0. The second-order valence-electron chi connectivity index (χ2n) is 7.89. The Labute approximate surface area is 199 Å². The highest BCUT2D eigenvalue weighted by atomic mass is 35.5. The van der Waals surface area contributed by atoms with Crippen LogP contribution in [-0.2, 0) is 0 Å². The number of fused-ring (bicyclic) bond motifs is 1. The van der Waals surface area contributed by atoms with Crippen molar-refractivity contribution in [2.24, 2.45) is 0 Å². The first-order valence-electron chi connectivity index (χ1n) is 11.4. The number of hydrogen-bond donors (Lipinski definition) is 0. The van der Waals surface area contributed by atoms with Crippen LogP contribution in [-0.4, -0.2) is 36.9 Å². The van der Waals surface area contributed by atoms with Crippen LogP contribution >= 0.6 is 11.6 Å². The lowest BCUT2D eigenvalue weighted by molar-refractivity contribution is 0.104. The lowest BCUT2D eigenvalue weighted by atomic mass is 9.97. The number of benzene rings is 3. The third-order valence-electron chi connectivity index (χ3n) is 5.83. The number of rotatable bonds is 10. The van der Waals surface area contributed by atoms with Crippen LogP contribution in [0.2, 0.25) is 5.02 Å². The SMILES string of the molecule is CCN(CC)CCCOc1ccc(-c2oc3ccccc3c2C(=O)c2ccc(Cl)cc2)cc1. The van der Waals surface area contributed by atoms with Gasteiger partial charge in [-0.3, -0.25) is 4.79 Å². The van der Waals surface area contributed by atoms with Crippen molar-refractivity contribution in [3.05, 3.63) is 88.9 Å². The fraction of sp³-hybridized carbons (Fsp3) is 0.250. The number of ketones is 1. The van der Waals surface area contributed by atoms with E-state index in [4.69, 9.17) is 20.8 Å². The summed E-state index contributed by atoms with van der Waals surface area (Å²) in [5.41, 5.74) is 2.64. The predicted molar refractivity (Wildman–Crippen MR) is 134 cm³/mol. The summed E-state index contributed by atoms with van der Waals surface area (Å²) in [5, 5.41) is 1.39. The zero-order valence-corrected chi connectivity index (χ0v) is 19.8. The molecule has 4 nitrogen and oxygen atoms in total. The van der Waals surface area contributed by atoms with E-state index in [1.165, 1.54) is 0 Å². The average molecular weight is 462 g/mol. The van der Waals surface area contributed by atoms with Gasteiger partial charge in [-0.2, -0.15) is 0 Å². The van der Waals surface area contributed by atoms with Crippen LogP contribution in [0.4, 0.5) is 0 Å². The van der Waals surface area contributed by atoms with Crippen molar-refractivity contribution in [2.45, 2.75) is 20.3 Å². The van der Waals surface area contributed by atoms with E-state index in [0.29, 0.717) is 34.1 Å². The smallest absolute Gasteiger partial charge is 0.197 e. The molecule has 0 atom stereocenters. The van der Waals surface area contributed by atoms with Crippen molar-refractivity contribution in [3.8, 4) is 17.1 Å². The molecule has 0 saturated heterocycles. The monoisotopic (exact) mass is 461 g/mol. The van der Waals surface area contributed by atoms with E-state index in [9.17, 15) is 4.79 Å². The van der Waals surface area contributed by atoms with Crippen molar-refractivity contribution >= 4 is 28.4 Å². The van der Waals surface area contributed by atoms with Gasteiger partial charge >= 0.3 is 0 Å². The number of carbonyl (C=O) groups excluding carboxylic acids is 1. The Morgan fingerprint density at radius 2 is 1.64 bits per heavy atom. The Balaban J connectivity index is 1.57. The molecule has 0 aliphatic carbocycles. The number of carbonyl (C=O) groups is 1. The first kappa shape index (κ1) is 23.1. The van der Waals surface area contributed by atoms with Crippen LogP contribution in [0.15, 0.2) is 77.2 Å². The highest BCUT2D eigenvalue weighted by Gasteiger charge is 2.23. The maximum absolute atomic E-state index is 13.4. The quantitative estimate of drug-likeness (QED) is 0.187. The normalized spacial score (nSPS) is 11.3. The van der Waals surface area contributed by atoms with E-state index in [2.05, 4.69) is 18.7 Å². The van der Waals surface area contributed by atoms with Gasteiger partial charge in [-0.25, -0.2) is 0 Å². The van der Waals surface area contributed by atoms with E-state index in [1.807, 2.05) is 48.5 Å². The van der Waals surface area contributed by atoms with Crippen molar-refractivity contribution < 1.29 is 13.9 Å². The summed E-state index contributed by atoms with van der Waals surface area (Å²) >= 11 is 6.01. The highest BCUT2D eigenvalue weighted by molar-refractivity contribution is 6.30. The molecular formula is C28H28ClNO3. The molecule has 0 aliphatic rings. The lowest BCUT2D eigenvalue weighted by Gasteiger charge is -2.17. The van der Waals surface area contributed by atoms with Gasteiger partial charge in [0.1, 0.15) is 17.1 Å². The van der Waals surface area contributed by atoms with Gasteiger partial charge in [0.25, 0.3) is 0 Å².